The van der Waals surface area contributed by atoms with Crippen LogP contribution in [0, 0.1) is 23.2 Å². The summed E-state index contributed by atoms with van der Waals surface area (Å²) in [5.41, 5.74) is -0.774. The molecule has 9 amide bonds. The summed E-state index contributed by atoms with van der Waals surface area (Å²) in [7, 11) is 0. The Hall–Kier alpha value is -5.37. The predicted molar refractivity (Wildman–Crippen MR) is 352 cm³/mol. The Morgan fingerprint density at radius 1 is 0.337 bits per heavy atom. The van der Waals surface area contributed by atoms with Crippen molar-refractivity contribution in [3.63, 3.8) is 0 Å². The van der Waals surface area contributed by atoms with E-state index in [-0.39, 0.29) is 173 Å². The second-order valence-corrected chi connectivity index (χ2v) is 26.1. The van der Waals surface area contributed by atoms with Crippen LogP contribution in [0.2, 0.25) is 0 Å². The SMILES string of the molecule is CC(=O)NC1C(OCCCCC(=O)NCCCNC(=O)CCOCC(C)(COCCC(=O)NCCCNC(=O)CCCCOC2CC(CO)C(O)C(O)C2NC(C)=O)COCCC(=O)NCCCNC(=O)CCCCOC2CC(CO)C(O)C(O)C2NC(C)=O)CC(CO)C(O)C1O. The van der Waals surface area contributed by atoms with E-state index < -0.39 is 114 Å². The highest BCUT2D eigenvalue weighted by atomic mass is 16.5. The Kier molecular flexibility index (Phi) is 43.6. The number of amides is 9. The fourth-order valence-corrected chi connectivity index (χ4v) is 11.8. The summed E-state index contributed by atoms with van der Waals surface area (Å²) in [6, 6.07) is -2.54. The summed E-state index contributed by atoms with van der Waals surface area (Å²) in [4.78, 5) is 111. The van der Waals surface area contributed by atoms with E-state index in [0.29, 0.717) is 97.1 Å². The van der Waals surface area contributed by atoms with Crippen molar-refractivity contribution in [2.45, 2.75) is 216 Å². The van der Waals surface area contributed by atoms with Crippen molar-refractivity contribution in [3.8, 4) is 0 Å². The van der Waals surface area contributed by atoms with Crippen molar-refractivity contribution in [1.82, 2.24) is 47.9 Å². The number of nitrogens with one attached hydrogen (secondary N) is 9. The second kappa shape index (κ2) is 49.2. The number of aliphatic hydroxyl groups excluding tert-OH is 9. The average Bonchev–Trinajstić information content (AvgIpc) is 0.825. The molecule has 0 spiro atoms. The van der Waals surface area contributed by atoms with Crippen LogP contribution >= 0.6 is 0 Å². The van der Waals surface area contributed by atoms with Gasteiger partial charge in [-0.05, 0) is 77.0 Å². The van der Waals surface area contributed by atoms with Gasteiger partial charge in [0, 0.05) is 161 Å². The van der Waals surface area contributed by atoms with Gasteiger partial charge in [0.2, 0.25) is 53.2 Å². The van der Waals surface area contributed by atoms with Crippen molar-refractivity contribution in [1.29, 1.82) is 0 Å². The zero-order chi connectivity index (χ0) is 72.4. The van der Waals surface area contributed by atoms with Gasteiger partial charge in [-0.15, -0.1) is 0 Å². The Morgan fingerprint density at radius 3 is 0.796 bits per heavy atom. The normalized spacial score (nSPS) is 26.0. The van der Waals surface area contributed by atoms with Gasteiger partial charge in [-0.25, -0.2) is 0 Å². The first-order valence-corrected chi connectivity index (χ1v) is 34.7. The number of ether oxygens (including phenoxy) is 6. The Balaban J connectivity index is 1.34. The predicted octanol–water partition coefficient (Wildman–Crippen LogP) is -4.54. The quantitative estimate of drug-likeness (QED) is 0.0255. The van der Waals surface area contributed by atoms with Crippen LogP contribution in [0.15, 0.2) is 0 Å². The number of aliphatic hydroxyl groups is 9. The summed E-state index contributed by atoms with van der Waals surface area (Å²) in [6.45, 7) is 7.69. The Morgan fingerprint density at radius 2 is 0.571 bits per heavy atom. The van der Waals surface area contributed by atoms with Gasteiger partial charge in [-0.1, -0.05) is 6.92 Å². The Labute approximate surface area is 574 Å². The number of unbranched alkanes of at least 4 members (excludes halogenated alkanes) is 3. The summed E-state index contributed by atoms with van der Waals surface area (Å²) >= 11 is 0. The largest absolute Gasteiger partial charge is 0.396 e. The van der Waals surface area contributed by atoms with E-state index in [0.717, 1.165) is 0 Å². The monoisotopic (exact) mass is 1410 g/mol. The van der Waals surface area contributed by atoms with E-state index in [1.54, 1.807) is 0 Å². The maximum Gasteiger partial charge on any atom is 0.222 e. The molecule has 0 radical (unpaired) electrons. The van der Waals surface area contributed by atoms with Crippen molar-refractivity contribution >= 4 is 53.2 Å². The van der Waals surface area contributed by atoms with Crippen LogP contribution in [-0.2, 0) is 71.6 Å². The van der Waals surface area contributed by atoms with E-state index >= 15 is 0 Å². The Bertz CT molecular complexity index is 2110. The molecule has 3 aliphatic rings. The third kappa shape index (κ3) is 34.8. The molecule has 33 heteroatoms. The minimum Gasteiger partial charge on any atom is -0.396 e. The molecule has 0 aromatic heterocycles. The average molecular weight is 1410 g/mol. The maximum absolute atomic E-state index is 12.7. The highest BCUT2D eigenvalue weighted by molar-refractivity contribution is 5.78. The van der Waals surface area contributed by atoms with E-state index in [4.69, 9.17) is 28.4 Å². The molecule has 0 heterocycles. The zero-order valence-corrected chi connectivity index (χ0v) is 57.8. The molecule has 3 aliphatic carbocycles. The van der Waals surface area contributed by atoms with Gasteiger partial charge < -0.3 is 122 Å². The molecule has 15 atom stereocenters. The van der Waals surface area contributed by atoms with Crippen molar-refractivity contribution in [3.05, 3.63) is 0 Å². The molecular weight excluding hydrogens is 1290 g/mol. The van der Waals surface area contributed by atoms with Crippen molar-refractivity contribution in [2.24, 2.45) is 23.2 Å². The molecule has 0 bridgehead atoms. The van der Waals surface area contributed by atoms with Gasteiger partial charge in [0.15, 0.2) is 0 Å². The first kappa shape index (κ1) is 86.8. The highest BCUT2D eigenvalue weighted by Gasteiger charge is 2.47. The molecule has 0 aromatic rings. The number of carbonyl (C=O) groups is 9. The lowest BCUT2D eigenvalue weighted by atomic mass is 9.79. The molecule has 15 unspecified atom stereocenters. The van der Waals surface area contributed by atoms with Crippen LogP contribution in [-0.4, -0.2) is 291 Å². The number of carbonyl (C=O) groups excluding carboxylic acids is 9. The molecular formula is C65H117N9O24. The van der Waals surface area contributed by atoms with Crippen LogP contribution in [0.1, 0.15) is 143 Å². The van der Waals surface area contributed by atoms with Crippen molar-refractivity contribution in [2.75, 3.05) is 119 Å². The lowest BCUT2D eigenvalue weighted by Gasteiger charge is -2.42. The number of hydrogen-bond donors (Lipinski definition) is 18. The summed E-state index contributed by atoms with van der Waals surface area (Å²) in [5, 5.41) is 116. The zero-order valence-electron chi connectivity index (χ0n) is 57.8. The van der Waals surface area contributed by atoms with Gasteiger partial charge in [-0.2, -0.15) is 0 Å². The van der Waals surface area contributed by atoms with Crippen LogP contribution in [0.4, 0.5) is 0 Å². The molecule has 0 aliphatic heterocycles. The minimum atomic E-state index is -1.31. The van der Waals surface area contributed by atoms with Crippen LogP contribution in [0.3, 0.4) is 0 Å². The van der Waals surface area contributed by atoms with Crippen LogP contribution in [0.25, 0.3) is 0 Å². The standard InChI is InChI=1S/C65H117N9O24/c1-41(78)72-56-47(32-44(35-75)59(87)62(56)90)96-26-8-5-14-50(81)66-20-11-23-69-53(84)17-29-93-38-65(4,39-94-30-18-54(85)70-24-12-21-67-51(82)15-6-9-27-97-48-33-45(36-76)60(88)63(91)57(48)73-42(2)79)40-95-31-19-55(86)71-25-13-22-68-52(83)16-7-10-28-98-49-34-46(37-77)61(89)64(92)58(49)74-43(3)80/h44-49,56-64,75-77,87-92H,5-40H2,1-4H3,(H,66,81)(H,67,82)(H,68,83)(H,69,84)(H,70,85)(H,71,86)(H,72,78)(H,73,79)(H,74,80). The number of rotatable bonds is 51. The molecule has 3 rings (SSSR count). The molecule has 18 N–H and O–H groups in total. The summed E-state index contributed by atoms with van der Waals surface area (Å²) in [5.74, 6) is -4.38. The fraction of sp³-hybridized carbons (Fsp3) is 0.862. The molecule has 98 heavy (non-hydrogen) atoms. The minimum absolute atomic E-state index is 0.0349. The maximum atomic E-state index is 12.7. The van der Waals surface area contributed by atoms with Gasteiger partial charge in [0.25, 0.3) is 0 Å². The second-order valence-electron chi connectivity index (χ2n) is 26.1. The van der Waals surface area contributed by atoms with Crippen LogP contribution < -0.4 is 47.9 Å². The first-order valence-electron chi connectivity index (χ1n) is 34.7. The molecule has 0 aromatic carbocycles. The van der Waals surface area contributed by atoms with E-state index in [2.05, 4.69) is 47.9 Å². The molecule has 566 valence electrons. The van der Waals surface area contributed by atoms with Gasteiger partial charge in [0.05, 0.1) is 94.4 Å². The van der Waals surface area contributed by atoms with Gasteiger partial charge in [0.1, 0.15) is 18.3 Å². The lowest BCUT2D eigenvalue weighted by Crippen LogP contribution is -2.61. The van der Waals surface area contributed by atoms with Crippen LogP contribution in [0.5, 0.6) is 0 Å². The van der Waals surface area contributed by atoms with E-state index in [1.807, 2.05) is 6.92 Å². The molecule has 3 fully saturated rings. The highest BCUT2D eigenvalue weighted by Crippen LogP contribution is 2.31. The van der Waals surface area contributed by atoms with E-state index in [1.165, 1.54) is 20.8 Å². The smallest absolute Gasteiger partial charge is 0.222 e. The third-order valence-corrected chi connectivity index (χ3v) is 17.4. The molecule has 0 saturated heterocycles. The fourth-order valence-electron chi connectivity index (χ4n) is 11.8. The van der Waals surface area contributed by atoms with Crippen molar-refractivity contribution < 1.29 is 118 Å². The summed E-state index contributed by atoms with van der Waals surface area (Å²) in [6.07, 6.45) is -3.55. The topological polar surface area (TPSA) is 499 Å². The van der Waals surface area contributed by atoms with Gasteiger partial charge in [-0.3, -0.25) is 43.2 Å². The summed E-state index contributed by atoms with van der Waals surface area (Å²) < 4.78 is 35.5. The van der Waals surface area contributed by atoms with Gasteiger partial charge >= 0.3 is 0 Å². The number of hydrogen-bond acceptors (Lipinski definition) is 24. The van der Waals surface area contributed by atoms with E-state index in [9.17, 15) is 89.1 Å². The molecule has 33 nitrogen and oxygen atoms in total. The third-order valence-electron chi connectivity index (χ3n) is 17.4. The molecule has 3 saturated carbocycles. The first-order chi connectivity index (χ1) is 46.8. The lowest BCUT2D eigenvalue weighted by molar-refractivity contribution is -0.142.